The Labute approximate surface area is 125 Å². The molecule has 0 bridgehead atoms. The predicted octanol–water partition coefficient (Wildman–Crippen LogP) is 3.30. The number of carbonyl (C=O) groups is 2. The van der Waals surface area contributed by atoms with Crippen molar-refractivity contribution in [3.63, 3.8) is 0 Å². The van der Waals surface area contributed by atoms with Crippen molar-refractivity contribution in [2.24, 2.45) is 0 Å². The van der Waals surface area contributed by atoms with E-state index in [1.54, 1.807) is 12.1 Å². The molecule has 2 aromatic carbocycles. The van der Waals surface area contributed by atoms with Crippen molar-refractivity contribution in [2.75, 3.05) is 5.32 Å². The van der Waals surface area contributed by atoms with Crippen molar-refractivity contribution >= 4 is 29.2 Å². The van der Waals surface area contributed by atoms with Crippen molar-refractivity contribution in [1.82, 2.24) is 0 Å². The third kappa shape index (κ3) is 3.32. The van der Waals surface area contributed by atoms with Crippen LogP contribution in [0, 0.1) is 6.92 Å². The lowest BCUT2D eigenvalue weighted by Crippen LogP contribution is -2.12. The van der Waals surface area contributed by atoms with Crippen LogP contribution in [0.3, 0.4) is 0 Å². The summed E-state index contributed by atoms with van der Waals surface area (Å²) in [5, 5.41) is 21.5. The quantitative estimate of drug-likeness (QED) is 0.759. The molecule has 5 nitrogen and oxygen atoms in total. The molecule has 6 heteroatoms. The number of rotatable bonds is 3. The normalized spacial score (nSPS) is 10.2. The minimum absolute atomic E-state index is 0.0246. The maximum Gasteiger partial charge on any atom is 0.335 e. The number of carboxylic acid groups (broad SMARTS) is 1. The minimum Gasteiger partial charge on any atom is -0.506 e. The molecule has 0 aromatic heterocycles. The number of aromatic hydroxyl groups is 1. The van der Waals surface area contributed by atoms with Crippen LogP contribution >= 0.6 is 11.6 Å². The van der Waals surface area contributed by atoms with Crippen molar-refractivity contribution in [2.45, 2.75) is 6.92 Å². The lowest BCUT2D eigenvalue weighted by molar-refractivity contribution is 0.0696. The first-order valence-electron chi connectivity index (χ1n) is 6.02. The SMILES string of the molecule is Cc1ccc(C(=O)Nc2cc(C(=O)O)ccc2O)cc1Cl. The van der Waals surface area contributed by atoms with Crippen LogP contribution in [0.2, 0.25) is 5.02 Å². The molecule has 0 saturated heterocycles. The van der Waals surface area contributed by atoms with Gasteiger partial charge in [-0.05, 0) is 42.8 Å². The van der Waals surface area contributed by atoms with Crippen LogP contribution in [0.5, 0.6) is 5.75 Å². The van der Waals surface area contributed by atoms with Gasteiger partial charge in [-0.15, -0.1) is 0 Å². The fourth-order valence-corrected chi connectivity index (χ4v) is 1.88. The zero-order valence-electron chi connectivity index (χ0n) is 11.1. The highest BCUT2D eigenvalue weighted by Gasteiger charge is 2.12. The summed E-state index contributed by atoms with van der Waals surface area (Å²) in [5.41, 5.74) is 1.14. The lowest BCUT2D eigenvalue weighted by Gasteiger charge is -2.09. The molecular weight excluding hydrogens is 294 g/mol. The van der Waals surface area contributed by atoms with Gasteiger partial charge in [0.1, 0.15) is 5.75 Å². The maximum absolute atomic E-state index is 12.1. The molecule has 21 heavy (non-hydrogen) atoms. The van der Waals surface area contributed by atoms with Crippen molar-refractivity contribution in [3.05, 3.63) is 58.1 Å². The Balaban J connectivity index is 2.28. The first-order chi connectivity index (χ1) is 9.88. The Hall–Kier alpha value is -2.53. The minimum atomic E-state index is -1.15. The predicted molar refractivity (Wildman–Crippen MR) is 79.2 cm³/mol. The third-order valence-corrected chi connectivity index (χ3v) is 3.33. The van der Waals surface area contributed by atoms with E-state index < -0.39 is 11.9 Å². The molecule has 0 aliphatic carbocycles. The average molecular weight is 306 g/mol. The number of carboxylic acids is 1. The highest BCUT2D eigenvalue weighted by Crippen LogP contribution is 2.25. The summed E-state index contributed by atoms with van der Waals surface area (Å²) in [6, 6.07) is 8.44. The van der Waals surface area contributed by atoms with Crippen molar-refractivity contribution in [1.29, 1.82) is 0 Å². The molecule has 0 unspecified atom stereocenters. The zero-order valence-corrected chi connectivity index (χ0v) is 11.8. The van der Waals surface area contributed by atoms with Gasteiger partial charge in [0.15, 0.2) is 0 Å². The lowest BCUT2D eigenvalue weighted by atomic mass is 10.1. The number of carbonyl (C=O) groups excluding carboxylic acids is 1. The summed E-state index contributed by atoms with van der Waals surface area (Å²) in [7, 11) is 0. The monoisotopic (exact) mass is 305 g/mol. The van der Waals surface area contributed by atoms with E-state index in [9.17, 15) is 14.7 Å². The molecule has 0 spiro atoms. The van der Waals surface area contributed by atoms with Gasteiger partial charge in [-0.25, -0.2) is 4.79 Å². The number of anilines is 1. The fraction of sp³-hybridized carbons (Fsp3) is 0.0667. The third-order valence-electron chi connectivity index (χ3n) is 2.93. The molecule has 2 rings (SSSR count). The summed E-state index contributed by atoms with van der Waals surface area (Å²) < 4.78 is 0. The van der Waals surface area contributed by atoms with Gasteiger partial charge >= 0.3 is 5.97 Å². The summed E-state index contributed by atoms with van der Waals surface area (Å²) >= 11 is 5.95. The number of hydrogen-bond donors (Lipinski definition) is 3. The fourth-order valence-electron chi connectivity index (χ4n) is 1.70. The molecule has 1 amide bonds. The number of aromatic carboxylic acids is 1. The second-order valence-electron chi connectivity index (χ2n) is 4.46. The smallest absolute Gasteiger partial charge is 0.335 e. The Morgan fingerprint density at radius 2 is 1.76 bits per heavy atom. The number of nitrogens with one attached hydrogen (secondary N) is 1. The number of phenols is 1. The van der Waals surface area contributed by atoms with E-state index in [-0.39, 0.29) is 17.0 Å². The van der Waals surface area contributed by atoms with Crippen LogP contribution < -0.4 is 5.32 Å². The van der Waals surface area contributed by atoms with Gasteiger partial charge < -0.3 is 15.5 Å². The average Bonchev–Trinajstić information content (AvgIpc) is 2.43. The second-order valence-corrected chi connectivity index (χ2v) is 4.86. The van der Waals surface area contributed by atoms with Crippen LogP contribution in [0.25, 0.3) is 0 Å². The van der Waals surface area contributed by atoms with Crippen molar-refractivity contribution < 1.29 is 19.8 Å². The highest BCUT2D eigenvalue weighted by molar-refractivity contribution is 6.31. The van der Waals surface area contributed by atoms with Crippen molar-refractivity contribution in [3.8, 4) is 5.75 Å². The summed E-state index contributed by atoms with van der Waals surface area (Å²) in [6.07, 6.45) is 0. The number of benzene rings is 2. The maximum atomic E-state index is 12.1. The molecule has 0 aliphatic rings. The van der Waals surface area contributed by atoms with E-state index in [2.05, 4.69) is 5.32 Å². The molecule has 0 fully saturated rings. The van der Waals surface area contributed by atoms with E-state index in [0.29, 0.717) is 10.6 Å². The van der Waals surface area contributed by atoms with Crippen LogP contribution in [0.4, 0.5) is 5.69 Å². The molecule has 0 atom stereocenters. The first kappa shape index (κ1) is 14.9. The van der Waals surface area contributed by atoms with E-state index in [0.717, 1.165) is 5.56 Å². The van der Waals surface area contributed by atoms with E-state index in [4.69, 9.17) is 16.7 Å². The summed E-state index contributed by atoms with van der Waals surface area (Å²) in [5.74, 6) is -1.86. The van der Waals surface area contributed by atoms with E-state index >= 15 is 0 Å². The standard InChI is InChI=1S/C15H12ClNO4/c1-8-2-3-9(6-11(8)16)14(19)17-12-7-10(15(20)21)4-5-13(12)18/h2-7,18H,1H3,(H,17,19)(H,20,21). The van der Waals surface area contributed by atoms with Gasteiger partial charge in [-0.2, -0.15) is 0 Å². The first-order valence-corrected chi connectivity index (χ1v) is 6.40. The molecule has 108 valence electrons. The number of halogens is 1. The zero-order chi connectivity index (χ0) is 15.6. The summed E-state index contributed by atoms with van der Waals surface area (Å²) in [6.45, 7) is 1.81. The van der Waals surface area contributed by atoms with Crippen LogP contribution in [0.1, 0.15) is 26.3 Å². The Kier molecular flexibility index (Phi) is 4.14. The van der Waals surface area contributed by atoms with Crippen LogP contribution in [-0.4, -0.2) is 22.1 Å². The molecule has 3 N–H and O–H groups in total. The summed E-state index contributed by atoms with van der Waals surface area (Å²) in [4.78, 5) is 23.0. The van der Waals surface area contributed by atoms with Crippen LogP contribution in [-0.2, 0) is 0 Å². The molecular formula is C15H12ClNO4. The molecule has 0 aliphatic heterocycles. The van der Waals surface area contributed by atoms with Gasteiger partial charge in [0, 0.05) is 10.6 Å². The molecule has 0 radical (unpaired) electrons. The van der Waals surface area contributed by atoms with Gasteiger partial charge in [0.25, 0.3) is 5.91 Å². The highest BCUT2D eigenvalue weighted by atomic mass is 35.5. The second kappa shape index (κ2) is 5.85. The van der Waals surface area contributed by atoms with Gasteiger partial charge in [0.2, 0.25) is 0 Å². The number of aryl methyl sites for hydroxylation is 1. The van der Waals surface area contributed by atoms with Crippen LogP contribution in [0.15, 0.2) is 36.4 Å². The number of phenolic OH excluding ortho intramolecular Hbond substituents is 1. The number of amides is 1. The number of hydrogen-bond acceptors (Lipinski definition) is 3. The molecule has 0 heterocycles. The van der Waals surface area contributed by atoms with Gasteiger partial charge in [0.05, 0.1) is 11.3 Å². The van der Waals surface area contributed by atoms with E-state index in [1.165, 1.54) is 24.3 Å². The van der Waals surface area contributed by atoms with Gasteiger partial charge in [-0.1, -0.05) is 17.7 Å². The Morgan fingerprint density at radius 1 is 1.10 bits per heavy atom. The Morgan fingerprint density at radius 3 is 2.38 bits per heavy atom. The topological polar surface area (TPSA) is 86.6 Å². The van der Waals surface area contributed by atoms with Gasteiger partial charge in [-0.3, -0.25) is 4.79 Å². The molecule has 0 saturated carbocycles. The Bertz CT molecular complexity index is 728. The molecule has 2 aromatic rings. The largest absolute Gasteiger partial charge is 0.506 e. The van der Waals surface area contributed by atoms with E-state index in [1.807, 2.05) is 6.92 Å².